The molecule has 2 heterocycles. The highest BCUT2D eigenvalue weighted by Gasteiger charge is 2.22. The van der Waals surface area contributed by atoms with Gasteiger partial charge in [0, 0.05) is 16.6 Å². The number of anilines is 1. The quantitative estimate of drug-likeness (QED) is 0.755. The van der Waals surface area contributed by atoms with Crippen molar-refractivity contribution in [3.8, 4) is 0 Å². The molecular weight excluding hydrogens is 282 g/mol. The number of hydrogen-bond donors (Lipinski definition) is 3. The van der Waals surface area contributed by atoms with Crippen LogP contribution >= 0.6 is 0 Å². The molecule has 1 aromatic heterocycles. The summed E-state index contributed by atoms with van der Waals surface area (Å²) in [5.41, 5.74) is 1.97. The molecule has 1 aliphatic rings. The van der Waals surface area contributed by atoms with Gasteiger partial charge in [-0.05, 0) is 50.6 Å². The van der Waals surface area contributed by atoms with Crippen LogP contribution in [0.15, 0.2) is 24.3 Å². The molecule has 1 aliphatic heterocycles. The van der Waals surface area contributed by atoms with Crippen molar-refractivity contribution in [2.75, 3.05) is 18.5 Å². The van der Waals surface area contributed by atoms with Crippen molar-refractivity contribution in [1.82, 2.24) is 10.3 Å². The zero-order chi connectivity index (χ0) is 15.5. The van der Waals surface area contributed by atoms with E-state index in [1.807, 2.05) is 18.2 Å². The van der Waals surface area contributed by atoms with Gasteiger partial charge in [0.05, 0.1) is 12.6 Å². The number of fused-ring (bicyclic) bond motifs is 1. The predicted molar refractivity (Wildman–Crippen MR) is 83.9 cm³/mol. The van der Waals surface area contributed by atoms with Gasteiger partial charge >= 0.3 is 5.97 Å². The molecule has 0 spiro atoms. The van der Waals surface area contributed by atoms with Crippen molar-refractivity contribution in [3.05, 3.63) is 30.0 Å². The highest BCUT2D eigenvalue weighted by atomic mass is 16.5. The van der Waals surface area contributed by atoms with Gasteiger partial charge < -0.3 is 20.4 Å². The van der Waals surface area contributed by atoms with Crippen molar-refractivity contribution in [2.24, 2.45) is 0 Å². The highest BCUT2D eigenvalue weighted by molar-refractivity contribution is 5.99. The maximum atomic E-state index is 12.1. The lowest BCUT2D eigenvalue weighted by atomic mass is 10.2. The first-order valence-corrected chi connectivity index (χ1v) is 7.51. The number of rotatable bonds is 4. The number of amides is 1. The molecule has 1 unspecified atom stereocenters. The molecule has 22 heavy (non-hydrogen) atoms. The molecule has 1 saturated heterocycles. The Balaban J connectivity index is 1.77. The number of ether oxygens (including phenoxy) is 1. The van der Waals surface area contributed by atoms with Crippen LogP contribution in [0.2, 0.25) is 0 Å². The summed E-state index contributed by atoms with van der Waals surface area (Å²) in [4.78, 5) is 26.8. The minimum absolute atomic E-state index is 0.0157. The van der Waals surface area contributed by atoms with Crippen LogP contribution in [0, 0.1) is 0 Å². The fraction of sp³-hybridized carbons (Fsp3) is 0.375. The van der Waals surface area contributed by atoms with Crippen molar-refractivity contribution in [1.29, 1.82) is 0 Å². The van der Waals surface area contributed by atoms with Gasteiger partial charge in [0.1, 0.15) is 5.69 Å². The molecule has 0 bridgehead atoms. The second kappa shape index (κ2) is 6.19. The van der Waals surface area contributed by atoms with Crippen LogP contribution in [0.4, 0.5) is 5.69 Å². The smallest absolute Gasteiger partial charge is 0.354 e. The molecule has 1 fully saturated rings. The molecule has 3 rings (SSSR count). The van der Waals surface area contributed by atoms with Crippen LogP contribution in [-0.4, -0.2) is 36.1 Å². The second-order valence-corrected chi connectivity index (χ2v) is 5.34. The van der Waals surface area contributed by atoms with E-state index in [9.17, 15) is 9.59 Å². The Bertz CT molecular complexity index is 702. The van der Waals surface area contributed by atoms with Crippen molar-refractivity contribution in [3.63, 3.8) is 0 Å². The molecule has 3 N–H and O–H groups in total. The number of aromatic amines is 1. The zero-order valence-electron chi connectivity index (χ0n) is 12.4. The summed E-state index contributed by atoms with van der Waals surface area (Å²) < 4.78 is 4.97. The van der Waals surface area contributed by atoms with Gasteiger partial charge in [0.2, 0.25) is 5.91 Å². The number of aromatic nitrogens is 1. The van der Waals surface area contributed by atoms with E-state index in [0.717, 1.165) is 36.0 Å². The van der Waals surface area contributed by atoms with E-state index in [4.69, 9.17) is 4.74 Å². The number of nitrogens with one attached hydrogen (secondary N) is 3. The number of esters is 1. The first kappa shape index (κ1) is 14.6. The standard InChI is InChI=1S/C16H19N3O3/c1-2-22-16(21)14-9-10-8-11(5-6-12(10)19-14)18-15(20)13-4-3-7-17-13/h5-6,8-9,13,17,19H,2-4,7H2,1H3,(H,18,20). The number of hydrogen-bond acceptors (Lipinski definition) is 4. The monoisotopic (exact) mass is 301 g/mol. The van der Waals surface area contributed by atoms with Gasteiger partial charge in [-0.3, -0.25) is 4.79 Å². The van der Waals surface area contributed by atoms with Crippen molar-refractivity contribution in [2.45, 2.75) is 25.8 Å². The molecule has 116 valence electrons. The summed E-state index contributed by atoms with van der Waals surface area (Å²) >= 11 is 0. The van der Waals surface area contributed by atoms with E-state index in [1.165, 1.54) is 0 Å². The van der Waals surface area contributed by atoms with Crippen molar-refractivity contribution >= 4 is 28.5 Å². The fourth-order valence-electron chi connectivity index (χ4n) is 2.67. The second-order valence-electron chi connectivity index (χ2n) is 5.34. The molecule has 6 nitrogen and oxygen atoms in total. The Morgan fingerprint density at radius 3 is 2.95 bits per heavy atom. The zero-order valence-corrected chi connectivity index (χ0v) is 12.4. The first-order chi connectivity index (χ1) is 10.7. The van der Waals surface area contributed by atoms with Gasteiger partial charge in [0.25, 0.3) is 0 Å². The Morgan fingerprint density at radius 1 is 1.36 bits per heavy atom. The van der Waals surface area contributed by atoms with Gasteiger partial charge in [-0.15, -0.1) is 0 Å². The summed E-state index contributed by atoms with van der Waals surface area (Å²) in [7, 11) is 0. The SMILES string of the molecule is CCOC(=O)c1cc2cc(NC(=O)C3CCCN3)ccc2[nH]1. The van der Waals surface area contributed by atoms with E-state index in [1.54, 1.807) is 13.0 Å². The molecule has 6 heteroatoms. The largest absolute Gasteiger partial charge is 0.461 e. The Labute approximate surface area is 128 Å². The average Bonchev–Trinajstić information content (AvgIpc) is 3.16. The van der Waals surface area contributed by atoms with Crippen LogP contribution in [0.25, 0.3) is 10.9 Å². The van der Waals surface area contributed by atoms with Crippen LogP contribution in [0.1, 0.15) is 30.3 Å². The maximum absolute atomic E-state index is 12.1. The number of carbonyl (C=O) groups excluding carboxylic acids is 2. The number of H-pyrrole nitrogens is 1. The summed E-state index contributed by atoms with van der Waals surface area (Å²) in [5, 5.41) is 6.94. The number of benzene rings is 1. The minimum Gasteiger partial charge on any atom is -0.461 e. The molecular formula is C16H19N3O3. The molecule has 0 saturated carbocycles. The molecule has 1 amide bonds. The maximum Gasteiger partial charge on any atom is 0.354 e. The third-order valence-electron chi connectivity index (χ3n) is 3.76. The number of carbonyl (C=O) groups is 2. The lowest BCUT2D eigenvalue weighted by Crippen LogP contribution is -2.35. The highest BCUT2D eigenvalue weighted by Crippen LogP contribution is 2.21. The van der Waals surface area contributed by atoms with Crippen LogP contribution in [0.3, 0.4) is 0 Å². The Hall–Kier alpha value is -2.34. The summed E-state index contributed by atoms with van der Waals surface area (Å²) in [5.74, 6) is -0.391. The summed E-state index contributed by atoms with van der Waals surface area (Å²) in [6, 6.07) is 7.13. The predicted octanol–water partition coefficient (Wildman–Crippen LogP) is 2.04. The van der Waals surface area contributed by atoms with Crippen LogP contribution in [0.5, 0.6) is 0 Å². The van der Waals surface area contributed by atoms with Gasteiger partial charge in [-0.1, -0.05) is 0 Å². The Kier molecular flexibility index (Phi) is 4.11. The summed E-state index contributed by atoms with van der Waals surface area (Å²) in [6.07, 6.45) is 1.89. The summed E-state index contributed by atoms with van der Waals surface area (Å²) in [6.45, 7) is 2.99. The minimum atomic E-state index is -0.376. The van der Waals surface area contributed by atoms with Crippen LogP contribution < -0.4 is 10.6 Å². The van der Waals surface area contributed by atoms with E-state index in [2.05, 4.69) is 15.6 Å². The molecule has 1 atom stereocenters. The van der Waals surface area contributed by atoms with E-state index in [-0.39, 0.29) is 17.9 Å². The van der Waals surface area contributed by atoms with Gasteiger partial charge in [-0.25, -0.2) is 4.79 Å². The average molecular weight is 301 g/mol. The third kappa shape index (κ3) is 2.96. The normalized spacial score (nSPS) is 17.6. The lowest BCUT2D eigenvalue weighted by molar-refractivity contribution is -0.117. The Morgan fingerprint density at radius 2 is 2.23 bits per heavy atom. The van der Waals surface area contributed by atoms with Crippen molar-refractivity contribution < 1.29 is 14.3 Å². The third-order valence-corrected chi connectivity index (χ3v) is 3.76. The molecule has 0 aliphatic carbocycles. The molecule has 2 aromatic rings. The lowest BCUT2D eigenvalue weighted by Gasteiger charge is -2.11. The van der Waals surface area contributed by atoms with Gasteiger partial charge in [-0.2, -0.15) is 0 Å². The first-order valence-electron chi connectivity index (χ1n) is 7.51. The fourth-order valence-corrected chi connectivity index (χ4v) is 2.67. The molecule has 1 aromatic carbocycles. The van der Waals surface area contributed by atoms with E-state index < -0.39 is 0 Å². The topological polar surface area (TPSA) is 83.2 Å². The van der Waals surface area contributed by atoms with E-state index >= 15 is 0 Å². The van der Waals surface area contributed by atoms with Gasteiger partial charge in [0.15, 0.2) is 0 Å². The molecule has 0 radical (unpaired) electrons. The van der Waals surface area contributed by atoms with Crippen LogP contribution in [-0.2, 0) is 9.53 Å². The van der Waals surface area contributed by atoms with E-state index in [0.29, 0.717) is 12.3 Å².